The molecule has 2 aromatic heterocycles. The van der Waals surface area contributed by atoms with E-state index in [1.54, 1.807) is 13.2 Å². The van der Waals surface area contributed by atoms with Crippen LogP contribution in [-0.2, 0) is 11.3 Å². The number of thioether (sulfide) groups is 1. The normalized spacial score (nSPS) is 11.1. The summed E-state index contributed by atoms with van der Waals surface area (Å²) in [5, 5.41) is 4.07. The van der Waals surface area contributed by atoms with Crippen molar-refractivity contribution >= 4 is 49.3 Å². The van der Waals surface area contributed by atoms with Crippen molar-refractivity contribution in [3.05, 3.63) is 60.2 Å². The van der Waals surface area contributed by atoms with Crippen molar-refractivity contribution in [1.29, 1.82) is 0 Å². The second-order valence-corrected chi connectivity index (χ2v) is 7.97. The zero-order chi connectivity index (χ0) is 19.5. The number of benzene rings is 2. The van der Waals surface area contributed by atoms with Crippen LogP contribution in [0.4, 0.5) is 4.39 Å². The van der Waals surface area contributed by atoms with Gasteiger partial charge in [0, 0.05) is 16.8 Å². The van der Waals surface area contributed by atoms with E-state index in [4.69, 9.17) is 4.74 Å². The molecule has 0 radical (unpaired) electrons. The number of thiophene rings is 1. The topological polar surface area (TPSA) is 64.1 Å². The minimum absolute atomic E-state index is 0.116. The molecule has 4 rings (SSSR count). The maximum atomic E-state index is 14.2. The number of rotatable bonds is 6. The highest BCUT2D eigenvalue weighted by atomic mass is 32.2. The van der Waals surface area contributed by atoms with Crippen LogP contribution in [0, 0.1) is 5.82 Å². The van der Waals surface area contributed by atoms with Crippen molar-refractivity contribution in [2.75, 3.05) is 12.9 Å². The first-order chi connectivity index (χ1) is 13.7. The first kappa shape index (κ1) is 18.6. The Morgan fingerprint density at radius 2 is 2.07 bits per heavy atom. The highest BCUT2D eigenvalue weighted by molar-refractivity contribution is 8.00. The van der Waals surface area contributed by atoms with Gasteiger partial charge in [0.25, 0.3) is 0 Å². The van der Waals surface area contributed by atoms with Crippen LogP contribution in [-0.4, -0.2) is 28.7 Å². The van der Waals surface area contributed by atoms with E-state index in [0.29, 0.717) is 22.5 Å². The van der Waals surface area contributed by atoms with Crippen LogP contribution in [0.3, 0.4) is 0 Å². The Hall–Kier alpha value is -2.71. The Balaban J connectivity index is 1.47. The number of halogens is 1. The fourth-order valence-corrected chi connectivity index (χ4v) is 4.96. The lowest BCUT2D eigenvalue weighted by molar-refractivity contribution is -0.118. The molecule has 0 aliphatic heterocycles. The zero-order valence-electron chi connectivity index (χ0n) is 14.9. The quantitative estimate of drug-likeness (QED) is 0.375. The van der Waals surface area contributed by atoms with Gasteiger partial charge in [0.15, 0.2) is 0 Å². The van der Waals surface area contributed by atoms with Crippen LogP contribution in [0.5, 0.6) is 5.75 Å². The molecule has 1 amide bonds. The third-order valence-electron chi connectivity index (χ3n) is 4.20. The van der Waals surface area contributed by atoms with Gasteiger partial charge in [0.1, 0.15) is 22.9 Å². The fourth-order valence-electron chi connectivity index (χ4n) is 2.89. The van der Waals surface area contributed by atoms with E-state index in [1.165, 1.54) is 35.5 Å². The van der Waals surface area contributed by atoms with Gasteiger partial charge in [-0.05, 0) is 18.2 Å². The molecule has 4 aromatic rings. The summed E-state index contributed by atoms with van der Waals surface area (Å²) >= 11 is 2.75. The molecule has 8 heteroatoms. The van der Waals surface area contributed by atoms with Crippen LogP contribution in [0.1, 0.15) is 5.56 Å². The Morgan fingerprint density at radius 3 is 2.93 bits per heavy atom. The van der Waals surface area contributed by atoms with E-state index in [2.05, 4.69) is 15.3 Å². The largest absolute Gasteiger partial charge is 0.496 e. The second kappa shape index (κ2) is 8.12. The van der Waals surface area contributed by atoms with Crippen LogP contribution in [0.25, 0.3) is 20.3 Å². The molecule has 0 atom stereocenters. The third kappa shape index (κ3) is 3.65. The van der Waals surface area contributed by atoms with Crippen molar-refractivity contribution in [2.24, 2.45) is 0 Å². The lowest BCUT2D eigenvalue weighted by Gasteiger charge is -2.09. The van der Waals surface area contributed by atoms with E-state index in [9.17, 15) is 9.18 Å². The van der Waals surface area contributed by atoms with Gasteiger partial charge < -0.3 is 10.1 Å². The zero-order valence-corrected chi connectivity index (χ0v) is 16.6. The Morgan fingerprint density at radius 1 is 1.21 bits per heavy atom. The van der Waals surface area contributed by atoms with Gasteiger partial charge >= 0.3 is 0 Å². The predicted molar refractivity (Wildman–Crippen MR) is 110 cm³/mol. The van der Waals surface area contributed by atoms with E-state index in [-0.39, 0.29) is 17.5 Å². The first-order valence-electron chi connectivity index (χ1n) is 8.50. The molecule has 142 valence electrons. The lowest BCUT2D eigenvalue weighted by Crippen LogP contribution is -2.24. The van der Waals surface area contributed by atoms with Gasteiger partial charge in [-0.2, -0.15) is 0 Å². The molecule has 1 N–H and O–H groups in total. The average Bonchev–Trinajstić information content (AvgIpc) is 3.11. The number of para-hydroxylation sites is 1. The summed E-state index contributed by atoms with van der Waals surface area (Å²) in [5.41, 5.74) is 1.50. The van der Waals surface area contributed by atoms with E-state index in [1.807, 2.05) is 30.3 Å². The smallest absolute Gasteiger partial charge is 0.230 e. The molecular weight excluding hydrogens is 397 g/mol. The third-order valence-corrected chi connectivity index (χ3v) is 6.47. The Kier molecular flexibility index (Phi) is 5.40. The van der Waals surface area contributed by atoms with Gasteiger partial charge in [-0.25, -0.2) is 14.4 Å². The van der Waals surface area contributed by atoms with Gasteiger partial charge in [0.05, 0.1) is 28.5 Å². The Labute approximate surface area is 169 Å². The number of carbonyl (C=O) groups excluding carboxylic acids is 1. The summed E-state index contributed by atoms with van der Waals surface area (Å²) in [6.45, 7) is 0.386. The highest BCUT2D eigenvalue weighted by Crippen LogP contribution is 2.38. The van der Waals surface area contributed by atoms with Crippen LogP contribution < -0.4 is 10.1 Å². The van der Waals surface area contributed by atoms with Gasteiger partial charge in [-0.1, -0.05) is 36.0 Å². The summed E-state index contributed by atoms with van der Waals surface area (Å²) in [6, 6.07) is 12.5. The monoisotopic (exact) mass is 413 g/mol. The van der Waals surface area contributed by atoms with Crippen molar-refractivity contribution in [3.8, 4) is 5.75 Å². The molecule has 0 saturated heterocycles. The number of amides is 1. The molecule has 2 aromatic carbocycles. The van der Waals surface area contributed by atoms with E-state index >= 15 is 0 Å². The molecular formula is C20H16FN3O2S2. The maximum Gasteiger partial charge on any atom is 0.230 e. The fraction of sp³-hybridized carbons (Fsp3) is 0.150. The molecule has 0 bridgehead atoms. The number of hydrogen-bond acceptors (Lipinski definition) is 6. The minimum atomic E-state index is -0.298. The first-order valence-corrected chi connectivity index (χ1v) is 10.3. The van der Waals surface area contributed by atoms with Crippen molar-refractivity contribution in [1.82, 2.24) is 15.3 Å². The standard InChI is InChI=1S/C20H16FN3O2S2/c1-26-14-7-3-2-5-12(14)9-22-16(25)10-27-20-19-18(23-11-24-20)17-13(21)6-4-8-15(17)28-19/h2-8,11H,9-10H2,1H3,(H,22,25). The van der Waals surface area contributed by atoms with Gasteiger partial charge in [0.2, 0.25) is 5.91 Å². The number of nitrogens with zero attached hydrogens (tertiary/aromatic N) is 2. The number of hydrogen-bond donors (Lipinski definition) is 1. The van der Waals surface area contributed by atoms with Crippen molar-refractivity contribution < 1.29 is 13.9 Å². The molecule has 0 unspecified atom stereocenters. The predicted octanol–water partition coefficient (Wildman–Crippen LogP) is 4.40. The van der Waals surface area contributed by atoms with Crippen LogP contribution >= 0.6 is 23.1 Å². The van der Waals surface area contributed by atoms with Gasteiger partial charge in [-0.15, -0.1) is 11.3 Å². The molecule has 28 heavy (non-hydrogen) atoms. The number of carbonyl (C=O) groups is 1. The van der Waals surface area contributed by atoms with Gasteiger partial charge in [-0.3, -0.25) is 4.79 Å². The number of fused-ring (bicyclic) bond motifs is 3. The average molecular weight is 413 g/mol. The summed E-state index contributed by atoms with van der Waals surface area (Å²) in [6.07, 6.45) is 1.41. The number of ether oxygens (including phenoxy) is 1. The summed E-state index contributed by atoms with van der Waals surface area (Å²) in [4.78, 5) is 20.8. The second-order valence-electron chi connectivity index (χ2n) is 5.95. The SMILES string of the molecule is COc1ccccc1CNC(=O)CSc1ncnc2c1sc1cccc(F)c12. The summed E-state index contributed by atoms with van der Waals surface area (Å²) in [7, 11) is 1.60. The molecule has 0 saturated carbocycles. The van der Waals surface area contributed by atoms with Crippen molar-refractivity contribution in [3.63, 3.8) is 0 Å². The molecule has 0 fully saturated rings. The van der Waals surface area contributed by atoms with E-state index < -0.39 is 0 Å². The number of aromatic nitrogens is 2. The van der Waals surface area contributed by atoms with Crippen LogP contribution in [0.15, 0.2) is 53.8 Å². The number of methoxy groups -OCH3 is 1. The lowest BCUT2D eigenvalue weighted by atomic mass is 10.2. The molecule has 0 aliphatic carbocycles. The van der Waals surface area contributed by atoms with Crippen LogP contribution in [0.2, 0.25) is 0 Å². The molecule has 0 aliphatic rings. The summed E-state index contributed by atoms with van der Waals surface area (Å²) < 4.78 is 21.1. The molecule has 5 nitrogen and oxygen atoms in total. The minimum Gasteiger partial charge on any atom is -0.496 e. The van der Waals surface area contributed by atoms with E-state index in [0.717, 1.165) is 20.7 Å². The highest BCUT2D eigenvalue weighted by Gasteiger charge is 2.15. The summed E-state index contributed by atoms with van der Waals surface area (Å²) in [5.74, 6) is 0.529. The number of nitrogens with one attached hydrogen (secondary N) is 1. The maximum absolute atomic E-state index is 14.2. The molecule has 2 heterocycles. The Bertz CT molecular complexity index is 1160. The molecule has 0 spiro atoms. The van der Waals surface area contributed by atoms with Crippen molar-refractivity contribution in [2.45, 2.75) is 11.6 Å².